The minimum absolute atomic E-state index is 0.0522. The molecule has 0 bridgehead atoms. The van der Waals surface area contributed by atoms with Crippen LogP contribution in [0.4, 0.5) is 0 Å². The molecule has 0 unspecified atom stereocenters. The molecule has 0 aliphatic carbocycles. The lowest BCUT2D eigenvalue weighted by Gasteiger charge is -2.04. The fourth-order valence-corrected chi connectivity index (χ4v) is 1.22. The molecule has 0 fully saturated rings. The number of hydrogen-bond acceptors (Lipinski definition) is 4. The van der Waals surface area contributed by atoms with Gasteiger partial charge in [0.1, 0.15) is 5.75 Å². The Morgan fingerprint density at radius 1 is 1.50 bits per heavy atom. The molecular weight excluding hydrogens is 182 g/mol. The molecular formula is C10H13NO3. The molecule has 1 aromatic rings. The summed E-state index contributed by atoms with van der Waals surface area (Å²) in [6.07, 6.45) is 0.623. The zero-order valence-corrected chi connectivity index (χ0v) is 7.99. The second-order valence-electron chi connectivity index (χ2n) is 2.92. The van der Waals surface area contributed by atoms with Gasteiger partial charge in [0.2, 0.25) is 0 Å². The normalized spacial score (nSPS) is 9.86. The maximum atomic E-state index is 11.2. The average Bonchev–Trinajstić information content (AvgIpc) is 2.16. The topological polar surface area (TPSA) is 72.5 Å². The van der Waals surface area contributed by atoms with Crippen LogP contribution in [-0.2, 0) is 11.2 Å². The number of carbonyl (C=O) groups excluding carboxylic acids is 1. The molecule has 14 heavy (non-hydrogen) atoms. The van der Waals surface area contributed by atoms with Gasteiger partial charge in [0.25, 0.3) is 0 Å². The smallest absolute Gasteiger partial charge is 0.337 e. The van der Waals surface area contributed by atoms with Crippen molar-refractivity contribution in [3.8, 4) is 5.75 Å². The van der Waals surface area contributed by atoms with Gasteiger partial charge in [-0.25, -0.2) is 4.79 Å². The third kappa shape index (κ3) is 2.47. The van der Waals surface area contributed by atoms with Gasteiger partial charge in [-0.1, -0.05) is 0 Å². The molecule has 1 aromatic carbocycles. The van der Waals surface area contributed by atoms with Gasteiger partial charge in [-0.05, 0) is 36.7 Å². The molecule has 4 heteroatoms. The van der Waals surface area contributed by atoms with Crippen molar-refractivity contribution in [1.29, 1.82) is 0 Å². The van der Waals surface area contributed by atoms with Gasteiger partial charge in [-0.3, -0.25) is 0 Å². The van der Waals surface area contributed by atoms with Crippen molar-refractivity contribution in [2.24, 2.45) is 5.73 Å². The Bertz CT molecular complexity index is 336. The SMILES string of the molecule is COC(=O)c1cc(O)cc(CCN)c1. The number of methoxy groups -OCH3 is 1. The Morgan fingerprint density at radius 3 is 2.79 bits per heavy atom. The minimum atomic E-state index is -0.459. The summed E-state index contributed by atoms with van der Waals surface area (Å²) in [4.78, 5) is 11.2. The lowest BCUT2D eigenvalue weighted by molar-refractivity contribution is 0.0600. The number of nitrogens with two attached hydrogens (primary N) is 1. The molecule has 0 heterocycles. The van der Waals surface area contributed by atoms with Gasteiger partial charge in [0.05, 0.1) is 12.7 Å². The molecule has 0 aromatic heterocycles. The van der Waals surface area contributed by atoms with Crippen molar-refractivity contribution >= 4 is 5.97 Å². The lowest BCUT2D eigenvalue weighted by Crippen LogP contribution is -2.05. The molecule has 3 N–H and O–H groups in total. The van der Waals surface area contributed by atoms with Crippen LogP contribution in [0.1, 0.15) is 15.9 Å². The third-order valence-corrected chi connectivity index (χ3v) is 1.83. The van der Waals surface area contributed by atoms with Crippen LogP contribution in [0.5, 0.6) is 5.75 Å². The van der Waals surface area contributed by atoms with Crippen LogP contribution in [0, 0.1) is 0 Å². The van der Waals surface area contributed by atoms with E-state index >= 15 is 0 Å². The Kier molecular flexibility index (Phi) is 3.48. The van der Waals surface area contributed by atoms with Crippen molar-refractivity contribution in [1.82, 2.24) is 0 Å². The van der Waals surface area contributed by atoms with E-state index in [1.807, 2.05) is 0 Å². The molecule has 0 saturated carbocycles. The number of esters is 1. The van der Waals surface area contributed by atoms with E-state index in [1.54, 1.807) is 12.1 Å². The number of hydrogen-bond donors (Lipinski definition) is 2. The van der Waals surface area contributed by atoms with Crippen LogP contribution < -0.4 is 5.73 Å². The Labute approximate surface area is 82.3 Å². The quantitative estimate of drug-likeness (QED) is 0.696. The maximum absolute atomic E-state index is 11.2. The molecule has 4 nitrogen and oxygen atoms in total. The van der Waals surface area contributed by atoms with Crippen LogP contribution >= 0.6 is 0 Å². The zero-order valence-electron chi connectivity index (χ0n) is 7.99. The molecule has 0 saturated heterocycles. The molecule has 0 amide bonds. The van der Waals surface area contributed by atoms with Crippen molar-refractivity contribution < 1.29 is 14.6 Å². The van der Waals surface area contributed by atoms with Crippen molar-refractivity contribution in [3.05, 3.63) is 29.3 Å². The van der Waals surface area contributed by atoms with Crippen LogP contribution in [0.3, 0.4) is 0 Å². The monoisotopic (exact) mass is 195 g/mol. The number of carbonyl (C=O) groups is 1. The number of phenolic OH excluding ortho intramolecular Hbond substituents is 1. The van der Waals surface area contributed by atoms with Crippen molar-refractivity contribution in [2.45, 2.75) is 6.42 Å². The number of phenols is 1. The van der Waals surface area contributed by atoms with E-state index in [1.165, 1.54) is 13.2 Å². The van der Waals surface area contributed by atoms with Gasteiger partial charge in [-0.15, -0.1) is 0 Å². The van der Waals surface area contributed by atoms with Crippen molar-refractivity contribution in [2.75, 3.05) is 13.7 Å². The van der Waals surface area contributed by atoms with Crippen LogP contribution in [0.2, 0.25) is 0 Å². The van der Waals surface area contributed by atoms with Gasteiger partial charge < -0.3 is 15.6 Å². The zero-order chi connectivity index (χ0) is 10.6. The highest BCUT2D eigenvalue weighted by molar-refractivity contribution is 5.90. The average molecular weight is 195 g/mol. The summed E-state index contributed by atoms with van der Waals surface area (Å²) in [6.45, 7) is 0.476. The fourth-order valence-electron chi connectivity index (χ4n) is 1.22. The lowest BCUT2D eigenvalue weighted by atomic mass is 10.1. The van der Waals surface area contributed by atoms with Crippen molar-refractivity contribution in [3.63, 3.8) is 0 Å². The van der Waals surface area contributed by atoms with E-state index < -0.39 is 5.97 Å². The van der Waals surface area contributed by atoms with Gasteiger partial charge >= 0.3 is 5.97 Å². The molecule has 0 aliphatic rings. The van der Waals surface area contributed by atoms with Gasteiger partial charge in [0, 0.05) is 0 Å². The third-order valence-electron chi connectivity index (χ3n) is 1.83. The predicted molar refractivity (Wildman–Crippen MR) is 52.2 cm³/mol. The summed E-state index contributed by atoms with van der Waals surface area (Å²) >= 11 is 0. The van der Waals surface area contributed by atoms with Crippen LogP contribution in [0.25, 0.3) is 0 Å². The number of aromatic hydroxyl groups is 1. The number of rotatable bonds is 3. The summed E-state index contributed by atoms with van der Waals surface area (Å²) in [7, 11) is 1.30. The van der Waals surface area contributed by atoms with E-state index in [0.29, 0.717) is 18.5 Å². The van der Waals surface area contributed by atoms with Gasteiger partial charge in [0.15, 0.2) is 0 Å². The first-order chi connectivity index (χ1) is 6.67. The second kappa shape index (κ2) is 4.62. The molecule has 0 aliphatic heterocycles. The Morgan fingerprint density at radius 2 is 2.21 bits per heavy atom. The highest BCUT2D eigenvalue weighted by Gasteiger charge is 2.07. The van der Waals surface area contributed by atoms with Crippen LogP contribution in [0.15, 0.2) is 18.2 Å². The molecule has 76 valence electrons. The summed E-state index contributed by atoms with van der Waals surface area (Å²) in [5.41, 5.74) is 6.54. The Balaban J connectivity index is 3.00. The van der Waals surface area contributed by atoms with E-state index in [9.17, 15) is 9.90 Å². The van der Waals surface area contributed by atoms with E-state index in [-0.39, 0.29) is 5.75 Å². The fraction of sp³-hybridized carbons (Fsp3) is 0.300. The Hall–Kier alpha value is -1.55. The molecule has 1 rings (SSSR count). The number of ether oxygens (including phenoxy) is 1. The summed E-state index contributed by atoms with van der Waals surface area (Å²) in [5, 5.41) is 9.32. The first-order valence-corrected chi connectivity index (χ1v) is 4.28. The summed E-state index contributed by atoms with van der Waals surface area (Å²) in [5.74, 6) is -0.407. The highest BCUT2D eigenvalue weighted by atomic mass is 16.5. The minimum Gasteiger partial charge on any atom is -0.508 e. The van der Waals surface area contributed by atoms with E-state index in [0.717, 1.165) is 5.56 Å². The predicted octanol–water partition coefficient (Wildman–Crippen LogP) is 0.680. The molecule has 0 atom stereocenters. The standard InChI is InChI=1S/C10H13NO3/c1-14-10(13)8-4-7(2-3-11)5-9(12)6-8/h4-6,12H,2-3,11H2,1H3. The molecule has 0 spiro atoms. The summed E-state index contributed by atoms with van der Waals surface area (Å²) < 4.78 is 4.54. The summed E-state index contributed by atoms with van der Waals surface area (Å²) in [6, 6.07) is 4.61. The van der Waals surface area contributed by atoms with E-state index in [2.05, 4.69) is 4.74 Å². The largest absolute Gasteiger partial charge is 0.508 e. The second-order valence-corrected chi connectivity index (χ2v) is 2.92. The molecule has 0 radical (unpaired) electrons. The first kappa shape index (κ1) is 10.5. The number of benzene rings is 1. The maximum Gasteiger partial charge on any atom is 0.337 e. The highest BCUT2D eigenvalue weighted by Crippen LogP contribution is 2.16. The first-order valence-electron chi connectivity index (χ1n) is 4.28. The van der Waals surface area contributed by atoms with Crippen LogP contribution in [-0.4, -0.2) is 24.7 Å². The van der Waals surface area contributed by atoms with E-state index in [4.69, 9.17) is 5.73 Å². The van der Waals surface area contributed by atoms with Gasteiger partial charge in [-0.2, -0.15) is 0 Å².